The first-order chi connectivity index (χ1) is 15.5. The summed E-state index contributed by atoms with van der Waals surface area (Å²) < 4.78 is 29.3. The van der Waals surface area contributed by atoms with Crippen molar-refractivity contribution < 1.29 is 33.3 Å². The van der Waals surface area contributed by atoms with E-state index in [2.05, 4.69) is 4.99 Å². The summed E-state index contributed by atoms with van der Waals surface area (Å²) in [6.45, 7) is 1.22. The molecule has 32 heavy (non-hydrogen) atoms. The van der Waals surface area contributed by atoms with Gasteiger partial charge in [0, 0.05) is 24.7 Å². The molecule has 168 valence electrons. The molecule has 2 heterocycles. The van der Waals surface area contributed by atoms with Crippen molar-refractivity contribution in [1.82, 2.24) is 4.57 Å². The summed E-state index contributed by atoms with van der Waals surface area (Å²) in [6.07, 6.45) is 0.129. The van der Waals surface area contributed by atoms with Gasteiger partial charge in [0.05, 0.1) is 43.5 Å². The maximum absolute atomic E-state index is 13.0. The zero-order valence-corrected chi connectivity index (χ0v) is 18.7. The van der Waals surface area contributed by atoms with Gasteiger partial charge < -0.3 is 28.3 Å². The Kier molecular flexibility index (Phi) is 6.31. The van der Waals surface area contributed by atoms with E-state index in [1.165, 1.54) is 32.7 Å². The highest BCUT2D eigenvalue weighted by Crippen LogP contribution is 2.35. The molecule has 2 aromatic carbocycles. The number of ether oxygens (including phenoxy) is 5. The molecular weight excluding hydrogens is 436 g/mol. The second-order valence-corrected chi connectivity index (χ2v) is 7.82. The van der Waals surface area contributed by atoms with E-state index < -0.39 is 5.91 Å². The Hall–Kier alpha value is -3.53. The Labute approximate surface area is 187 Å². The first-order valence-electron chi connectivity index (χ1n) is 9.85. The van der Waals surface area contributed by atoms with Gasteiger partial charge in [0.25, 0.3) is 5.91 Å². The molecule has 0 radical (unpaired) electrons. The van der Waals surface area contributed by atoms with Crippen molar-refractivity contribution in [3.05, 3.63) is 40.7 Å². The van der Waals surface area contributed by atoms with E-state index in [0.717, 1.165) is 10.2 Å². The predicted octanol–water partition coefficient (Wildman–Crippen LogP) is 2.80. The van der Waals surface area contributed by atoms with E-state index in [0.29, 0.717) is 46.6 Å². The summed E-state index contributed by atoms with van der Waals surface area (Å²) in [5.41, 5.74) is 1.09. The van der Waals surface area contributed by atoms with Gasteiger partial charge in [0.2, 0.25) is 0 Å². The number of aromatic nitrogens is 1. The van der Waals surface area contributed by atoms with Crippen LogP contribution in [0.5, 0.6) is 23.0 Å². The summed E-state index contributed by atoms with van der Waals surface area (Å²) in [5, 5.41) is 0. The quantitative estimate of drug-likeness (QED) is 0.524. The minimum absolute atomic E-state index is 0.129. The highest BCUT2D eigenvalue weighted by molar-refractivity contribution is 7.16. The monoisotopic (exact) mass is 458 g/mol. The normalized spacial score (nSPS) is 13.2. The van der Waals surface area contributed by atoms with Crippen LogP contribution in [0.3, 0.4) is 0 Å². The van der Waals surface area contributed by atoms with Crippen LogP contribution in [-0.2, 0) is 16.1 Å². The number of carbonyl (C=O) groups is 2. The summed E-state index contributed by atoms with van der Waals surface area (Å²) in [7, 11) is 4.35. The third-order valence-corrected chi connectivity index (χ3v) is 5.99. The molecule has 10 heteroatoms. The minimum atomic E-state index is -0.472. The maximum atomic E-state index is 13.0. The number of carbonyl (C=O) groups excluding carboxylic acids is 2. The van der Waals surface area contributed by atoms with Gasteiger partial charge in [0.1, 0.15) is 24.7 Å². The lowest BCUT2D eigenvalue weighted by atomic mass is 10.2. The van der Waals surface area contributed by atoms with Gasteiger partial charge in [-0.3, -0.25) is 9.59 Å². The number of amides is 1. The molecule has 0 spiro atoms. The van der Waals surface area contributed by atoms with Gasteiger partial charge in [-0.05, 0) is 12.1 Å². The van der Waals surface area contributed by atoms with Crippen LogP contribution >= 0.6 is 11.3 Å². The Morgan fingerprint density at radius 3 is 2.50 bits per heavy atom. The van der Waals surface area contributed by atoms with Crippen molar-refractivity contribution in [2.24, 2.45) is 4.99 Å². The summed E-state index contributed by atoms with van der Waals surface area (Å²) in [4.78, 5) is 29.6. The number of nitrogens with zero attached hydrogens (tertiary/aromatic N) is 2. The molecule has 1 aliphatic heterocycles. The number of aryl methyl sites for hydroxylation is 1. The van der Waals surface area contributed by atoms with E-state index in [-0.39, 0.29) is 18.9 Å². The van der Waals surface area contributed by atoms with Gasteiger partial charge in [-0.2, -0.15) is 4.99 Å². The van der Waals surface area contributed by atoms with Crippen LogP contribution < -0.4 is 23.7 Å². The molecular formula is C22H22N2O7S. The fraction of sp³-hybridized carbons (Fsp3) is 0.318. The van der Waals surface area contributed by atoms with Crippen molar-refractivity contribution >= 4 is 33.4 Å². The number of benzene rings is 2. The average molecular weight is 458 g/mol. The van der Waals surface area contributed by atoms with E-state index in [1.54, 1.807) is 18.2 Å². The number of hydrogen-bond donors (Lipinski definition) is 0. The molecule has 0 saturated heterocycles. The number of thiazole rings is 1. The SMILES string of the molecule is COC(=O)CCn1c(=NC(=O)c2ccc(OC)cc2OC)sc2cc3c(cc21)OCCO3. The van der Waals surface area contributed by atoms with Crippen LogP contribution in [0.1, 0.15) is 16.8 Å². The lowest BCUT2D eigenvalue weighted by Gasteiger charge is -2.18. The molecule has 0 N–H and O–H groups in total. The molecule has 3 aromatic rings. The highest BCUT2D eigenvalue weighted by Gasteiger charge is 2.19. The third-order valence-electron chi connectivity index (χ3n) is 4.95. The molecule has 1 aliphatic rings. The van der Waals surface area contributed by atoms with Gasteiger partial charge in [0.15, 0.2) is 16.3 Å². The zero-order chi connectivity index (χ0) is 22.7. The van der Waals surface area contributed by atoms with Crippen molar-refractivity contribution in [3.63, 3.8) is 0 Å². The molecule has 0 atom stereocenters. The van der Waals surface area contributed by atoms with Crippen LogP contribution in [0, 0.1) is 0 Å². The van der Waals surface area contributed by atoms with Gasteiger partial charge in [-0.15, -0.1) is 0 Å². The fourth-order valence-electron chi connectivity index (χ4n) is 3.34. The topological polar surface area (TPSA) is 97.6 Å². The van der Waals surface area contributed by atoms with Gasteiger partial charge in [-0.1, -0.05) is 11.3 Å². The first-order valence-corrected chi connectivity index (χ1v) is 10.7. The van der Waals surface area contributed by atoms with Crippen molar-refractivity contribution in [3.8, 4) is 23.0 Å². The molecule has 0 aliphatic carbocycles. The van der Waals surface area contributed by atoms with E-state index in [4.69, 9.17) is 23.7 Å². The standard InChI is InChI=1S/C22H22N2O7S/c1-27-13-4-5-14(16(10-13)28-2)21(26)23-22-24(7-6-20(25)29-3)15-11-17-18(12-19(15)32-22)31-9-8-30-17/h4-5,10-12H,6-9H2,1-3H3. The second-order valence-electron chi connectivity index (χ2n) is 6.81. The first kappa shape index (κ1) is 21.7. The number of fused-ring (bicyclic) bond motifs is 2. The van der Waals surface area contributed by atoms with Gasteiger partial charge in [-0.25, -0.2) is 0 Å². The average Bonchev–Trinajstić information content (AvgIpc) is 3.15. The largest absolute Gasteiger partial charge is 0.497 e. The molecule has 4 rings (SSSR count). The van der Waals surface area contributed by atoms with Crippen molar-refractivity contribution in [2.75, 3.05) is 34.5 Å². The van der Waals surface area contributed by atoms with Gasteiger partial charge >= 0.3 is 5.97 Å². The lowest BCUT2D eigenvalue weighted by Crippen LogP contribution is -2.19. The van der Waals surface area contributed by atoms with Crippen molar-refractivity contribution in [2.45, 2.75) is 13.0 Å². The Bertz CT molecular complexity index is 1250. The Morgan fingerprint density at radius 2 is 1.81 bits per heavy atom. The predicted molar refractivity (Wildman–Crippen MR) is 117 cm³/mol. The summed E-state index contributed by atoms with van der Waals surface area (Å²) in [5.74, 6) is 1.35. The Morgan fingerprint density at radius 1 is 1.06 bits per heavy atom. The van der Waals surface area contributed by atoms with Crippen molar-refractivity contribution in [1.29, 1.82) is 0 Å². The molecule has 0 bridgehead atoms. The smallest absolute Gasteiger partial charge is 0.307 e. The maximum Gasteiger partial charge on any atom is 0.307 e. The fourth-order valence-corrected chi connectivity index (χ4v) is 4.40. The minimum Gasteiger partial charge on any atom is -0.497 e. The summed E-state index contributed by atoms with van der Waals surface area (Å²) >= 11 is 1.32. The van der Waals surface area contributed by atoms with Crippen LogP contribution in [0.15, 0.2) is 35.3 Å². The number of rotatable bonds is 6. The number of methoxy groups -OCH3 is 3. The molecule has 9 nitrogen and oxygen atoms in total. The lowest BCUT2D eigenvalue weighted by molar-refractivity contribution is -0.140. The van der Waals surface area contributed by atoms with Crippen LogP contribution in [0.4, 0.5) is 0 Å². The second kappa shape index (κ2) is 9.31. The molecule has 1 amide bonds. The van der Waals surface area contributed by atoms with E-state index in [1.807, 2.05) is 16.7 Å². The van der Waals surface area contributed by atoms with E-state index >= 15 is 0 Å². The Balaban J connectivity index is 1.82. The molecule has 0 fully saturated rings. The number of hydrogen-bond acceptors (Lipinski definition) is 8. The van der Waals surface area contributed by atoms with Crippen LogP contribution in [-0.4, -0.2) is 51.0 Å². The van der Waals surface area contributed by atoms with Crippen LogP contribution in [0.2, 0.25) is 0 Å². The van der Waals surface area contributed by atoms with Crippen LogP contribution in [0.25, 0.3) is 10.2 Å². The third kappa shape index (κ3) is 4.26. The number of esters is 1. The molecule has 1 aromatic heterocycles. The summed E-state index contributed by atoms with van der Waals surface area (Å²) in [6, 6.07) is 8.61. The highest BCUT2D eigenvalue weighted by atomic mass is 32.1. The zero-order valence-electron chi connectivity index (χ0n) is 17.9. The van der Waals surface area contributed by atoms with E-state index in [9.17, 15) is 9.59 Å². The molecule has 0 saturated carbocycles. The molecule has 0 unspecified atom stereocenters.